The van der Waals surface area contributed by atoms with Crippen molar-refractivity contribution in [3.05, 3.63) is 29.1 Å². The number of methoxy groups -OCH3 is 1. The van der Waals surface area contributed by atoms with Gasteiger partial charge in [0.2, 0.25) is 10.0 Å². The highest BCUT2D eigenvalue weighted by Gasteiger charge is 2.26. The van der Waals surface area contributed by atoms with Crippen molar-refractivity contribution in [1.82, 2.24) is 4.98 Å². The Morgan fingerprint density at radius 2 is 2.26 bits per heavy atom. The number of rotatable bonds is 6. The molecule has 0 unspecified atom stereocenters. The Morgan fingerprint density at radius 3 is 3.00 bits per heavy atom. The van der Waals surface area contributed by atoms with Crippen LogP contribution in [0.3, 0.4) is 0 Å². The van der Waals surface area contributed by atoms with E-state index in [0.29, 0.717) is 13.2 Å². The van der Waals surface area contributed by atoms with Crippen molar-refractivity contribution >= 4 is 32.2 Å². The van der Waals surface area contributed by atoms with E-state index in [1.54, 1.807) is 18.4 Å². The SMILES string of the molecule is COCCNc1nc(-c2ccc3c(c2)CCN3S(C)(=O)=O)cs1. The van der Waals surface area contributed by atoms with Gasteiger partial charge < -0.3 is 10.1 Å². The fourth-order valence-corrected chi connectivity index (χ4v) is 4.33. The summed E-state index contributed by atoms with van der Waals surface area (Å²) in [5, 5.41) is 6.07. The molecule has 0 atom stereocenters. The lowest BCUT2D eigenvalue weighted by Crippen LogP contribution is -2.27. The molecule has 0 bridgehead atoms. The summed E-state index contributed by atoms with van der Waals surface area (Å²) in [5.74, 6) is 0. The summed E-state index contributed by atoms with van der Waals surface area (Å²) in [4.78, 5) is 4.57. The average molecular weight is 353 g/mol. The van der Waals surface area contributed by atoms with Crippen LogP contribution >= 0.6 is 11.3 Å². The van der Waals surface area contributed by atoms with E-state index in [0.717, 1.165) is 40.6 Å². The molecule has 2 heterocycles. The minimum atomic E-state index is -3.20. The van der Waals surface area contributed by atoms with Crippen molar-refractivity contribution in [3.8, 4) is 11.3 Å². The van der Waals surface area contributed by atoms with Gasteiger partial charge in [-0.1, -0.05) is 6.07 Å². The summed E-state index contributed by atoms with van der Waals surface area (Å²) in [6.07, 6.45) is 1.98. The largest absolute Gasteiger partial charge is 0.383 e. The van der Waals surface area contributed by atoms with Crippen LogP contribution in [-0.2, 0) is 21.2 Å². The summed E-state index contributed by atoms with van der Waals surface area (Å²) < 4.78 is 30.0. The van der Waals surface area contributed by atoms with Crippen molar-refractivity contribution < 1.29 is 13.2 Å². The molecule has 0 fully saturated rings. The normalized spacial score (nSPS) is 14.1. The Bertz CT molecular complexity index is 802. The second kappa shape index (κ2) is 6.46. The molecule has 1 aliphatic rings. The van der Waals surface area contributed by atoms with Gasteiger partial charge >= 0.3 is 0 Å². The molecule has 23 heavy (non-hydrogen) atoms. The van der Waals surface area contributed by atoms with Crippen molar-refractivity contribution in [2.24, 2.45) is 0 Å². The highest BCUT2D eigenvalue weighted by atomic mass is 32.2. The molecule has 2 aromatic rings. The van der Waals surface area contributed by atoms with Crippen molar-refractivity contribution in [3.63, 3.8) is 0 Å². The van der Waals surface area contributed by atoms with Gasteiger partial charge in [-0.25, -0.2) is 13.4 Å². The number of ether oxygens (including phenoxy) is 1. The smallest absolute Gasteiger partial charge is 0.232 e. The van der Waals surface area contributed by atoms with Gasteiger partial charge in [-0.05, 0) is 24.1 Å². The van der Waals surface area contributed by atoms with Crippen LogP contribution in [0.25, 0.3) is 11.3 Å². The Morgan fingerprint density at radius 1 is 1.43 bits per heavy atom. The van der Waals surface area contributed by atoms with Crippen molar-refractivity contribution in [1.29, 1.82) is 0 Å². The molecule has 6 nitrogen and oxygen atoms in total. The first-order valence-corrected chi connectivity index (χ1v) is 10.0. The zero-order chi connectivity index (χ0) is 16.4. The van der Waals surface area contributed by atoms with Crippen LogP contribution in [0.5, 0.6) is 0 Å². The van der Waals surface area contributed by atoms with Gasteiger partial charge in [-0.2, -0.15) is 0 Å². The molecule has 0 aliphatic carbocycles. The fourth-order valence-electron chi connectivity index (χ4n) is 2.62. The maximum Gasteiger partial charge on any atom is 0.232 e. The van der Waals surface area contributed by atoms with Gasteiger partial charge in [-0.3, -0.25) is 4.31 Å². The number of hydrogen-bond donors (Lipinski definition) is 1. The number of thiazole rings is 1. The van der Waals surface area contributed by atoms with Crippen LogP contribution in [0, 0.1) is 0 Å². The standard InChI is InChI=1S/C15H19N3O3S2/c1-21-8-6-16-15-17-13(10-22-15)11-3-4-14-12(9-11)5-7-18(14)23(2,19)20/h3-4,9-10H,5-8H2,1-2H3,(H,16,17). The molecule has 0 radical (unpaired) electrons. The molecule has 1 N–H and O–H groups in total. The van der Waals surface area contributed by atoms with E-state index < -0.39 is 10.0 Å². The van der Waals surface area contributed by atoms with Crippen LogP contribution in [-0.4, -0.2) is 46.5 Å². The topological polar surface area (TPSA) is 71.5 Å². The van der Waals surface area contributed by atoms with Crippen LogP contribution < -0.4 is 9.62 Å². The minimum absolute atomic E-state index is 0.512. The van der Waals surface area contributed by atoms with Crippen LogP contribution in [0.15, 0.2) is 23.6 Å². The number of aromatic nitrogens is 1. The average Bonchev–Trinajstić information content (AvgIpc) is 3.12. The number of nitrogens with one attached hydrogen (secondary N) is 1. The van der Waals surface area contributed by atoms with Crippen molar-refractivity contribution in [2.45, 2.75) is 6.42 Å². The Hall–Kier alpha value is -1.64. The second-order valence-corrected chi connectivity index (χ2v) is 8.15. The highest BCUT2D eigenvalue weighted by Crippen LogP contribution is 2.34. The Labute approximate surface area is 140 Å². The number of hydrogen-bond acceptors (Lipinski definition) is 6. The van der Waals surface area contributed by atoms with Crippen molar-refractivity contribution in [2.75, 3.05) is 42.7 Å². The first-order valence-electron chi connectivity index (χ1n) is 7.28. The lowest BCUT2D eigenvalue weighted by Gasteiger charge is -2.16. The maximum absolute atomic E-state index is 11.8. The summed E-state index contributed by atoms with van der Waals surface area (Å²) in [6.45, 7) is 1.87. The third kappa shape index (κ3) is 3.49. The highest BCUT2D eigenvalue weighted by molar-refractivity contribution is 7.92. The van der Waals surface area contributed by atoms with Gasteiger partial charge in [-0.15, -0.1) is 11.3 Å². The molecule has 1 aliphatic heterocycles. The molecule has 0 saturated heterocycles. The van der Waals surface area contributed by atoms with E-state index in [-0.39, 0.29) is 0 Å². The van der Waals surface area contributed by atoms with E-state index in [1.165, 1.54) is 10.6 Å². The molecular formula is C15H19N3O3S2. The molecule has 0 amide bonds. The van der Waals surface area contributed by atoms with Gasteiger partial charge in [0.15, 0.2) is 5.13 Å². The maximum atomic E-state index is 11.8. The van der Waals surface area contributed by atoms with Crippen LogP contribution in [0.4, 0.5) is 10.8 Å². The summed E-state index contributed by atoms with van der Waals surface area (Å²) >= 11 is 1.55. The van der Waals surface area contributed by atoms with Crippen LogP contribution in [0.1, 0.15) is 5.56 Å². The summed E-state index contributed by atoms with van der Waals surface area (Å²) in [5.41, 5.74) is 3.74. The molecule has 124 valence electrons. The lowest BCUT2D eigenvalue weighted by atomic mass is 10.1. The predicted octanol–water partition coefficient (Wildman–Crippen LogP) is 2.19. The minimum Gasteiger partial charge on any atom is -0.383 e. The zero-order valence-electron chi connectivity index (χ0n) is 13.1. The molecule has 8 heteroatoms. The van der Waals surface area contributed by atoms with E-state index in [1.807, 2.05) is 23.6 Å². The third-order valence-electron chi connectivity index (χ3n) is 3.72. The Balaban J connectivity index is 1.81. The summed E-state index contributed by atoms with van der Waals surface area (Å²) in [7, 11) is -1.54. The third-order valence-corrected chi connectivity index (χ3v) is 5.70. The second-order valence-electron chi connectivity index (χ2n) is 5.39. The number of anilines is 2. The van der Waals surface area contributed by atoms with Gasteiger partial charge in [0, 0.05) is 31.1 Å². The monoisotopic (exact) mass is 353 g/mol. The lowest BCUT2D eigenvalue weighted by molar-refractivity contribution is 0.211. The first kappa shape index (κ1) is 16.2. The molecule has 1 aromatic carbocycles. The predicted molar refractivity (Wildman–Crippen MR) is 93.8 cm³/mol. The molecule has 1 aromatic heterocycles. The fraction of sp³-hybridized carbons (Fsp3) is 0.400. The van der Waals surface area contributed by atoms with Gasteiger partial charge in [0.05, 0.1) is 24.2 Å². The zero-order valence-corrected chi connectivity index (χ0v) is 14.7. The number of benzene rings is 1. The van der Waals surface area contributed by atoms with Gasteiger partial charge in [0.25, 0.3) is 0 Å². The molecule has 0 saturated carbocycles. The first-order chi connectivity index (χ1) is 11.0. The molecular weight excluding hydrogens is 334 g/mol. The molecule has 0 spiro atoms. The van der Waals surface area contributed by atoms with E-state index in [9.17, 15) is 8.42 Å². The van der Waals surface area contributed by atoms with E-state index >= 15 is 0 Å². The van der Waals surface area contributed by atoms with E-state index in [4.69, 9.17) is 4.74 Å². The summed E-state index contributed by atoms with van der Waals surface area (Å²) in [6, 6.07) is 5.83. The molecule has 3 rings (SSSR count). The van der Waals surface area contributed by atoms with E-state index in [2.05, 4.69) is 10.3 Å². The van der Waals surface area contributed by atoms with Crippen LogP contribution in [0.2, 0.25) is 0 Å². The van der Waals surface area contributed by atoms with Gasteiger partial charge in [0.1, 0.15) is 0 Å². The number of fused-ring (bicyclic) bond motifs is 1. The number of sulfonamides is 1. The number of nitrogens with zero attached hydrogens (tertiary/aromatic N) is 2. The quantitative estimate of drug-likeness (QED) is 0.806. The Kier molecular flexibility index (Phi) is 4.56.